The lowest BCUT2D eigenvalue weighted by atomic mass is 10.1. The fourth-order valence-electron chi connectivity index (χ4n) is 1.59. The Hall–Kier alpha value is -1.59. The maximum Gasteiger partial charge on any atom is 0.220 e. The molecule has 0 aliphatic rings. The standard InChI is InChI=1S/C15H23NO4/c1-12-5-7-13(8-6-12)20-9-3-4-14(19)16-15(2,10-17)11-18/h5-8,17-18H,3-4,9-11H2,1-2H3,(H,16,19). The minimum atomic E-state index is -0.963. The minimum Gasteiger partial charge on any atom is -0.494 e. The third-order valence-corrected chi connectivity index (χ3v) is 2.98. The summed E-state index contributed by atoms with van der Waals surface area (Å²) >= 11 is 0. The van der Waals surface area contributed by atoms with Crippen LogP contribution >= 0.6 is 0 Å². The first kappa shape index (κ1) is 16.5. The highest BCUT2D eigenvalue weighted by atomic mass is 16.5. The molecule has 0 aromatic heterocycles. The van der Waals surface area contributed by atoms with Gasteiger partial charge in [0.25, 0.3) is 0 Å². The van der Waals surface area contributed by atoms with Crippen molar-refractivity contribution in [2.24, 2.45) is 0 Å². The van der Waals surface area contributed by atoms with Crippen LogP contribution in [-0.4, -0.2) is 41.5 Å². The summed E-state index contributed by atoms with van der Waals surface area (Å²) in [6.07, 6.45) is 0.869. The largest absolute Gasteiger partial charge is 0.494 e. The lowest BCUT2D eigenvalue weighted by molar-refractivity contribution is -0.124. The van der Waals surface area contributed by atoms with Crippen molar-refractivity contribution < 1.29 is 19.7 Å². The number of rotatable bonds is 8. The molecule has 0 radical (unpaired) electrons. The van der Waals surface area contributed by atoms with Crippen LogP contribution < -0.4 is 10.1 Å². The van der Waals surface area contributed by atoms with Crippen LogP contribution in [0.4, 0.5) is 0 Å². The van der Waals surface area contributed by atoms with E-state index in [-0.39, 0.29) is 19.1 Å². The van der Waals surface area contributed by atoms with Crippen LogP contribution in [-0.2, 0) is 4.79 Å². The van der Waals surface area contributed by atoms with Crippen molar-refractivity contribution in [2.45, 2.75) is 32.2 Å². The van der Waals surface area contributed by atoms with Gasteiger partial charge in [0.05, 0.1) is 25.4 Å². The summed E-state index contributed by atoms with van der Waals surface area (Å²) in [6, 6.07) is 7.72. The molecule has 0 saturated heterocycles. The summed E-state index contributed by atoms with van der Waals surface area (Å²) in [6.45, 7) is 3.46. The molecule has 5 heteroatoms. The molecule has 1 aromatic carbocycles. The van der Waals surface area contributed by atoms with Crippen LogP contribution in [0.5, 0.6) is 5.75 Å². The van der Waals surface area contributed by atoms with Gasteiger partial charge in [0.2, 0.25) is 5.91 Å². The molecule has 0 unspecified atom stereocenters. The number of carbonyl (C=O) groups is 1. The molecule has 1 aromatic rings. The maximum atomic E-state index is 11.6. The van der Waals surface area contributed by atoms with E-state index in [0.717, 1.165) is 5.75 Å². The number of ether oxygens (including phenoxy) is 1. The Balaban J connectivity index is 2.24. The second-order valence-corrected chi connectivity index (χ2v) is 5.19. The second-order valence-electron chi connectivity index (χ2n) is 5.19. The van der Waals surface area contributed by atoms with E-state index in [2.05, 4.69) is 5.32 Å². The number of aliphatic hydroxyl groups excluding tert-OH is 2. The SMILES string of the molecule is Cc1ccc(OCCCC(=O)NC(C)(CO)CO)cc1. The van der Waals surface area contributed by atoms with E-state index >= 15 is 0 Å². The molecule has 0 spiro atoms. The second kappa shape index (κ2) is 7.87. The highest BCUT2D eigenvalue weighted by Crippen LogP contribution is 2.11. The molecule has 0 saturated carbocycles. The van der Waals surface area contributed by atoms with Gasteiger partial charge in [0.1, 0.15) is 5.75 Å². The van der Waals surface area contributed by atoms with Crippen molar-refractivity contribution in [3.63, 3.8) is 0 Å². The zero-order valence-electron chi connectivity index (χ0n) is 12.1. The van der Waals surface area contributed by atoms with E-state index in [4.69, 9.17) is 14.9 Å². The summed E-state index contributed by atoms with van der Waals surface area (Å²) < 4.78 is 5.52. The number of carbonyl (C=O) groups excluding carboxylic acids is 1. The first-order valence-electron chi connectivity index (χ1n) is 6.71. The zero-order valence-corrected chi connectivity index (χ0v) is 12.1. The molecule has 0 fully saturated rings. The molecule has 3 N–H and O–H groups in total. The van der Waals surface area contributed by atoms with Crippen molar-refractivity contribution in [3.8, 4) is 5.75 Å². The monoisotopic (exact) mass is 281 g/mol. The van der Waals surface area contributed by atoms with Crippen molar-refractivity contribution in [2.75, 3.05) is 19.8 Å². The molecule has 0 aliphatic heterocycles. The lowest BCUT2D eigenvalue weighted by Crippen LogP contribution is -2.51. The summed E-state index contributed by atoms with van der Waals surface area (Å²) in [5.41, 5.74) is 0.207. The molecule has 0 atom stereocenters. The highest BCUT2D eigenvalue weighted by Gasteiger charge is 2.23. The molecule has 0 aliphatic carbocycles. The molecule has 20 heavy (non-hydrogen) atoms. The number of benzene rings is 1. The van der Waals surface area contributed by atoms with Gasteiger partial charge in [-0.15, -0.1) is 0 Å². The van der Waals surface area contributed by atoms with Crippen LogP contribution in [0.3, 0.4) is 0 Å². The normalized spacial score (nSPS) is 11.2. The van der Waals surface area contributed by atoms with Crippen LogP contribution in [0.2, 0.25) is 0 Å². The fourth-order valence-corrected chi connectivity index (χ4v) is 1.59. The lowest BCUT2D eigenvalue weighted by Gasteiger charge is -2.26. The average Bonchev–Trinajstić information content (AvgIpc) is 2.45. The predicted octanol–water partition coefficient (Wildman–Crippen LogP) is 1.01. The zero-order chi connectivity index (χ0) is 15.0. The van der Waals surface area contributed by atoms with Gasteiger partial charge in [0, 0.05) is 6.42 Å². The highest BCUT2D eigenvalue weighted by molar-refractivity contribution is 5.76. The third-order valence-electron chi connectivity index (χ3n) is 2.98. The minimum absolute atomic E-state index is 0.205. The molecule has 1 amide bonds. The Labute approximate surface area is 119 Å². The van der Waals surface area contributed by atoms with E-state index in [1.54, 1.807) is 6.92 Å². The van der Waals surface area contributed by atoms with Gasteiger partial charge in [-0.3, -0.25) is 4.79 Å². The quantitative estimate of drug-likeness (QED) is 0.621. The van der Waals surface area contributed by atoms with Gasteiger partial charge in [-0.1, -0.05) is 17.7 Å². The number of hydrogen-bond donors (Lipinski definition) is 3. The third kappa shape index (κ3) is 5.59. The van der Waals surface area contributed by atoms with Gasteiger partial charge in [-0.2, -0.15) is 0 Å². The number of aliphatic hydroxyl groups is 2. The van der Waals surface area contributed by atoms with E-state index < -0.39 is 5.54 Å². The van der Waals surface area contributed by atoms with Crippen molar-refractivity contribution in [1.29, 1.82) is 0 Å². The van der Waals surface area contributed by atoms with Crippen LogP contribution in [0.1, 0.15) is 25.3 Å². The van der Waals surface area contributed by atoms with Crippen LogP contribution in [0.15, 0.2) is 24.3 Å². The Bertz CT molecular complexity index is 412. The van der Waals surface area contributed by atoms with Crippen molar-refractivity contribution in [1.82, 2.24) is 5.32 Å². The number of amides is 1. The van der Waals surface area contributed by atoms with Gasteiger partial charge < -0.3 is 20.3 Å². The first-order chi connectivity index (χ1) is 9.49. The summed E-state index contributed by atoms with van der Waals surface area (Å²) in [4.78, 5) is 11.6. The average molecular weight is 281 g/mol. The maximum absolute atomic E-state index is 11.6. The first-order valence-corrected chi connectivity index (χ1v) is 6.71. The smallest absolute Gasteiger partial charge is 0.220 e. The molecule has 5 nitrogen and oxygen atoms in total. The topological polar surface area (TPSA) is 78.8 Å². The molecule has 112 valence electrons. The molecule has 0 heterocycles. The number of aryl methyl sites for hydroxylation is 1. The molecule has 0 bridgehead atoms. The van der Waals surface area contributed by atoms with Gasteiger partial charge in [-0.25, -0.2) is 0 Å². The predicted molar refractivity (Wildman–Crippen MR) is 76.6 cm³/mol. The van der Waals surface area contributed by atoms with Gasteiger partial charge in [-0.05, 0) is 32.4 Å². The van der Waals surface area contributed by atoms with Gasteiger partial charge in [0.15, 0.2) is 0 Å². The van der Waals surface area contributed by atoms with Crippen LogP contribution in [0.25, 0.3) is 0 Å². The van der Waals surface area contributed by atoms with Gasteiger partial charge >= 0.3 is 0 Å². The Morgan fingerprint density at radius 2 is 1.85 bits per heavy atom. The van der Waals surface area contributed by atoms with Crippen LogP contribution in [0, 0.1) is 6.92 Å². The fraction of sp³-hybridized carbons (Fsp3) is 0.533. The summed E-state index contributed by atoms with van der Waals surface area (Å²) in [5.74, 6) is 0.578. The Kier molecular flexibility index (Phi) is 6.48. The van der Waals surface area contributed by atoms with E-state index in [0.29, 0.717) is 19.4 Å². The number of hydrogen-bond acceptors (Lipinski definition) is 4. The Morgan fingerprint density at radius 3 is 2.40 bits per heavy atom. The Morgan fingerprint density at radius 1 is 1.25 bits per heavy atom. The molecular weight excluding hydrogens is 258 g/mol. The van der Waals surface area contributed by atoms with E-state index in [1.807, 2.05) is 31.2 Å². The van der Waals surface area contributed by atoms with E-state index in [1.165, 1.54) is 5.56 Å². The summed E-state index contributed by atoms with van der Waals surface area (Å²) in [7, 11) is 0. The van der Waals surface area contributed by atoms with E-state index in [9.17, 15) is 4.79 Å². The molecular formula is C15H23NO4. The summed E-state index contributed by atoms with van der Waals surface area (Å²) in [5, 5.41) is 20.8. The van der Waals surface area contributed by atoms with Crippen molar-refractivity contribution >= 4 is 5.91 Å². The molecule has 1 rings (SSSR count). The van der Waals surface area contributed by atoms with Crippen molar-refractivity contribution in [3.05, 3.63) is 29.8 Å². The number of nitrogens with one attached hydrogen (secondary N) is 1.